The second-order valence-electron chi connectivity index (χ2n) is 3.01. The fourth-order valence-electron chi connectivity index (χ4n) is 1.14. The van der Waals surface area contributed by atoms with E-state index in [1.807, 2.05) is 13.8 Å². The first-order valence-electron chi connectivity index (χ1n) is 4.68. The van der Waals surface area contributed by atoms with Crippen molar-refractivity contribution in [1.82, 2.24) is 0 Å². The fraction of sp³-hybridized carbons (Fsp3) is 0.875. The van der Waals surface area contributed by atoms with Crippen LogP contribution in [0.15, 0.2) is 0 Å². The van der Waals surface area contributed by atoms with Gasteiger partial charge in [0.25, 0.3) is 5.97 Å². The van der Waals surface area contributed by atoms with Crippen LogP contribution in [0.1, 0.15) is 39.5 Å². The zero-order valence-corrected chi connectivity index (χ0v) is 9.57. The summed E-state index contributed by atoms with van der Waals surface area (Å²) >= 11 is 0. The van der Waals surface area contributed by atoms with Crippen LogP contribution in [0.4, 0.5) is 0 Å². The van der Waals surface area contributed by atoms with Gasteiger partial charge in [0.05, 0.1) is 5.92 Å². The normalized spacial score (nSPS) is 11.4. The van der Waals surface area contributed by atoms with Gasteiger partial charge in [-0.15, -0.1) is 0 Å². The molecular formula is C8H17BCoO4. The predicted octanol–water partition coefficient (Wildman–Crippen LogP) is 0.713. The molecule has 0 saturated carbocycles. The van der Waals surface area contributed by atoms with Crippen molar-refractivity contribution in [2.45, 2.75) is 39.5 Å². The minimum absolute atomic E-state index is 0. The molecule has 0 spiro atoms. The molecule has 0 bridgehead atoms. The van der Waals surface area contributed by atoms with Crippen molar-refractivity contribution in [2.24, 2.45) is 5.92 Å². The molecule has 14 heavy (non-hydrogen) atoms. The van der Waals surface area contributed by atoms with Crippen LogP contribution < -0.4 is 0 Å². The zero-order valence-electron chi connectivity index (χ0n) is 8.53. The maximum absolute atomic E-state index is 11.1. The van der Waals surface area contributed by atoms with E-state index in [2.05, 4.69) is 4.65 Å². The maximum atomic E-state index is 11.1. The molecule has 1 unspecified atom stereocenters. The summed E-state index contributed by atoms with van der Waals surface area (Å²) < 4.78 is 4.27. The minimum atomic E-state index is -1.98. The van der Waals surface area contributed by atoms with Crippen LogP contribution in [-0.2, 0) is 26.2 Å². The molecule has 0 aliphatic heterocycles. The van der Waals surface area contributed by atoms with Gasteiger partial charge < -0.3 is 14.7 Å². The number of hydrogen-bond donors (Lipinski definition) is 2. The third-order valence-corrected chi connectivity index (χ3v) is 1.95. The quantitative estimate of drug-likeness (QED) is 0.678. The van der Waals surface area contributed by atoms with Crippen LogP contribution in [0.3, 0.4) is 0 Å². The topological polar surface area (TPSA) is 66.8 Å². The maximum Gasteiger partial charge on any atom is 0.709 e. The van der Waals surface area contributed by atoms with Crippen molar-refractivity contribution in [3.63, 3.8) is 0 Å². The molecule has 85 valence electrons. The van der Waals surface area contributed by atoms with E-state index in [0.717, 1.165) is 19.3 Å². The van der Waals surface area contributed by atoms with E-state index in [-0.39, 0.29) is 22.7 Å². The monoisotopic (exact) mass is 247 g/mol. The van der Waals surface area contributed by atoms with E-state index in [1.54, 1.807) is 0 Å². The molecule has 1 radical (unpaired) electrons. The van der Waals surface area contributed by atoms with Gasteiger partial charge in [0.2, 0.25) is 0 Å². The Morgan fingerprint density at radius 1 is 1.43 bits per heavy atom. The first-order valence-corrected chi connectivity index (χ1v) is 4.68. The van der Waals surface area contributed by atoms with Crippen molar-refractivity contribution in [2.75, 3.05) is 0 Å². The molecule has 0 rings (SSSR count). The van der Waals surface area contributed by atoms with Crippen molar-refractivity contribution in [3.8, 4) is 0 Å². The van der Waals surface area contributed by atoms with Crippen molar-refractivity contribution in [1.29, 1.82) is 0 Å². The summed E-state index contributed by atoms with van der Waals surface area (Å²) in [5, 5.41) is 16.8. The van der Waals surface area contributed by atoms with Gasteiger partial charge in [0.1, 0.15) is 0 Å². The molecule has 0 fully saturated rings. The van der Waals surface area contributed by atoms with Gasteiger partial charge in [-0.25, -0.2) is 0 Å². The summed E-state index contributed by atoms with van der Waals surface area (Å²) in [6.07, 6.45) is 3.39. The second kappa shape index (κ2) is 9.51. The number of hydrogen-bond acceptors (Lipinski definition) is 4. The number of carbonyl (C=O) groups is 1. The standard InChI is InChI=1S/C8H17BO4.Co/c1-3-5-6-7(4-2)8(10)13-9(11)12;/h7,11-12H,3-6H2,1-2H3;. The molecule has 0 aliphatic rings. The van der Waals surface area contributed by atoms with E-state index >= 15 is 0 Å². The molecule has 1 atom stereocenters. The van der Waals surface area contributed by atoms with Gasteiger partial charge in [0.15, 0.2) is 0 Å². The minimum Gasteiger partial charge on any atom is -0.485 e. The molecule has 0 aromatic carbocycles. The van der Waals surface area contributed by atoms with Crippen LogP contribution in [-0.4, -0.2) is 23.3 Å². The smallest absolute Gasteiger partial charge is 0.485 e. The Hall–Kier alpha value is -0.0386. The van der Waals surface area contributed by atoms with Gasteiger partial charge in [-0.2, -0.15) is 0 Å². The molecular weight excluding hydrogens is 230 g/mol. The molecule has 4 nitrogen and oxygen atoms in total. The Bertz CT molecular complexity index is 154. The molecule has 0 saturated heterocycles. The van der Waals surface area contributed by atoms with E-state index in [0.29, 0.717) is 6.42 Å². The summed E-state index contributed by atoms with van der Waals surface area (Å²) in [4.78, 5) is 11.1. The van der Waals surface area contributed by atoms with Crippen LogP contribution in [0.5, 0.6) is 0 Å². The molecule has 0 amide bonds. The predicted molar refractivity (Wildman–Crippen MR) is 49.6 cm³/mol. The summed E-state index contributed by atoms with van der Waals surface area (Å²) in [5.41, 5.74) is 0. The largest absolute Gasteiger partial charge is 0.709 e. The van der Waals surface area contributed by atoms with E-state index in [4.69, 9.17) is 10.0 Å². The first-order chi connectivity index (χ1) is 6.11. The van der Waals surface area contributed by atoms with E-state index < -0.39 is 13.3 Å². The second-order valence-corrected chi connectivity index (χ2v) is 3.01. The van der Waals surface area contributed by atoms with Gasteiger partial charge in [0, 0.05) is 16.8 Å². The van der Waals surface area contributed by atoms with Crippen LogP contribution in [0, 0.1) is 5.92 Å². The average molecular weight is 247 g/mol. The number of rotatable bonds is 6. The van der Waals surface area contributed by atoms with Gasteiger partial charge in [-0.05, 0) is 12.8 Å². The summed E-state index contributed by atoms with van der Waals surface area (Å²) in [6.45, 7) is 3.92. The first kappa shape index (κ1) is 16.4. The Morgan fingerprint density at radius 3 is 2.36 bits per heavy atom. The third-order valence-electron chi connectivity index (χ3n) is 1.95. The van der Waals surface area contributed by atoms with E-state index in [9.17, 15) is 4.79 Å². The number of carbonyl (C=O) groups excluding carboxylic acids is 1. The van der Waals surface area contributed by atoms with Crippen molar-refractivity contribution >= 4 is 13.3 Å². The Kier molecular flexibility index (Phi) is 11.1. The van der Waals surface area contributed by atoms with Gasteiger partial charge in [-0.3, -0.25) is 4.79 Å². The van der Waals surface area contributed by atoms with Crippen LogP contribution in [0.25, 0.3) is 0 Å². The Morgan fingerprint density at radius 2 is 2.00 bits per heavy atom. The van der Waals surface area contributed by atoms with Crippen LogP contribution in [0.2, 0.25) is 0 Å². The molecule has 0 aromatic rings. The number of unbranched alkanes of at least 4 members (excludes halogenated alkanes) is 1. The molecule has 0 heterocycles. The van der Waals surface area contributed by atoms with Gasteiger partial charge in [-0.1, -0.05) is 26.7 Å². The van der Waals surface area contributed by atoms with Crippen molar-refractivity contribution < 1.29 is 36.3 Å². The Balaban J connectivity index is 0. The Labute approximate surface area is 95.4 Å². The summed E-state index contributed by atoms with van der Waals surface area (Å²) in [5.74, 6) is -0.729. The zero-order chi connectivity index (χ0) is 10.3. The molecule has 2 N–H and O–H groups in total. The van der Waals surface area contributed by atoms with Crippen molar-refractivity contribution in [3.05, 3.63) is 0 Å². The van der Waals surface area contributed by atoms with Crippen LogP contribution >= 0.6 is 0 Å². The molecule has 0 aliphatic carbocycles. The fourth-order valence-corrected chi connectivity index (χ4v) is 1.14. The summed E-state index contributed by atoms with van der Waals surface area (Å²) in [7, 11) is -1.98. The molecule has 0 aromatic heterocycles. The SMILES string of the molecule is CCCCC(CC)C(=O)OB(O)O.[Co]. The molecule has 6 heteroatoms. The van der Waals surface area contributed by atoms with Gasteiger partial charge >= 0.3 is 7.32 Å². The summed E-state index contributed by atoms with van der Waals surface area (Å²) in [6, 6.07) is 0. The average Bonchev–Trinajstić information content (AvgIpc) is 2.04. The third kappa shape index (κ3) is 7.37. The van der Waals surface area contributed by atoms with E-state index in [1.165, 1.54) is 0 Å².